The minimum absolute atomic E-state index is 0.206. The molecule has 0 aliphatic carbocycles. The van der Waals surface area contributed by atoms with E-state index in [0.717, 1.165) is 5.56 Å². The second-order valence-electron chi connectivity index (χ2n) is 4.20. The van der Waals surface area contributed by atoms with Crippen LogP contribution < -0.4 is 10.5 Å². The molecule has 0 saturated heterocycles. The maximum Gasteiger partial charge on any atom is 0.225 e. The van der Waals surface area contributed by atoms with Crippen LogP contribution in [0.25, 0.3) is 0 Å². The molecule has 0 aliphatic rings. The smallest absolute Gasteiger partial charge is 0.225 e. The number of benzene rings is 1. The molecule has 1 aromatic rings. The van der Waals surface area contributed by atoms with Crippen molar-refractivity contribution in [3.63, 3.8) is 0 Å². The Kier molecular flexibility index (Phi) is 4.33. The van der Waals surface area contributed by atoms with Gasteiger partial charge in [0.15, 0.2) is 0 Å². The van der Waals surface area contributed by atoms with Gasteiger partial charge in [0.2, 0.25) is 5.24 Å². The zero-order chi connectivity index (χ0) is 12.2. The van der Waals surface area contributed by atoms with Crippen molar-refractivity contribution >= 4 is 16.8 Å². The number of halogens is 1. The van der Waals surface area contributed by atoms with Crippen molar-refractivity contribution in [1.82, 2.24) is 0 Å². The van der Waals surface area contributed by atoms with Crippen LogP contribution in [0.4, 0.5) is 0 Å². The minimum Gasteiger partial charge on any atom is -0.493 e. The second-order valence-corrected chi connectivity index (χ2v) is 4.62. The molecule has 4 heteroatoms. The Morgan fingerprint density at radius 1 is 1.50 bits per heavy atom. The molecule has 2 N–H and O–H groups in total. The number of hydrogen-bond acceptors (Lipinski definition) is 3. The third kappa shape index (κ3) is 4.21. The number of ether oxygens (including phenoxy) is 1. The summed E-state index contributed by atoms with van der Waals surface area (Å²) in [5.41, 5.74) is 6.56. The van der Waals surface area contributed by atoms with Crippen LogP contribution in [0.3, 0.4) is 0 Å². The SMILES string of the molecule is CC(C)(N)c1cccc(OCCC(=O)Cl)c1. The van der Waals surface area contributed by atoms with Gasteiger partial charge in [0, 0.05) is 5.54 Å². The Morgan fingerprint density at radius 3 is 2.75 bits per heavy atom. The Labute approximate surface area is 101 Å². The number of rotatable bonds is 5. The molecule has 0 radical (unpaired) electrons. The fraction of sp³-hybridized carbons (Fsp3) is 0.417. The molecule has 0 aromatic heterocycles. The van der Waals surface area contributed by atoms with Crippen LogP contribution in [0.1, 0.15) is 25.8 Å². The summed E-state index contributed by atoms with van der Waals surface area (Å²) in [5, 5.41) is -0.393. The topological polar surface area (TPSA) is 52.3 Å². The van der Waals surface area contributed by atoms with Crippen molar-refractivity contribution in [1.29, 1.82) is 0 Å². The molecule has 0 atom stereocenters. The molecule has 0 amide bonds. The van der Waals surface area contributed by atoms with Gasteiger partial charge < -0.3 is 10.5 Å². The van der Waals surface area contributed by atoms with Crippen LogP contribution in [0, 0.1) is 0 Å². The second kappa shape index (κ2) is 5.32. The summed E-state index contributed by atoms with van der Waals surface area (Å²) >= 11 is 5.21. The monoisotopic (exact) mass is 241 g/mol. The highest BCUT2D eigenvalue weighted by Crippen LogP contribution is 2.21. The molecule has 0 fully saturated rings. The van der Waals surface area contributed by atoms with Gasteiger partial charge in [0.25, 0.3) is 0 Å². The van der Waals surface area contributed by atoms with E-state index in [4.69, 9.17) is 22.1 Å². The summed E-state index contributed by atoms with van der Waals surface area (Å²) in [7, 11) is 0. The average molecular weight is 242 g/mol. The van der Waals surface area contributed by atoms with Gasteiger partial charge in [-0.3, -0.25) is 4.79 Å². The van der Waals surface area contributed by atoms with Crippen molar-refractivity contribution in [3.05, 3.63) is 29.8 Å². The van der Waals surface area contributed by atoms with Gasteiger partial charge >= 0.3 is 0 Å². The normalized spacial score (nSPS) is 11.2. The Bertz CT molecular complexity index is 372. The van der Waals surface area contributed by atoms with E-state index < -0.39 is 10.8 Å². The van der Waals surface area contributed by atoms with Crippen LogP contribution in [-0.2, 0) is 10.3 Å². The molecule has 0 spiro atoms. The van der Waals surface area contributed by atoms with E-state index in [1.54, 1.807) is 0 Å². The van der Waals surface area contributed by atoms with Crippen LogP contribution in [-0.4, -0.2) is 11.8 Å². The van der Waals surface area contributed by atoms with Gasteiger partial charge in [-0.1, -0.05) is 12.1 Å². The molecule has 0 saturated carbocycles. The molecule has 0 unspecified atom stereocenters. The first-order valence-electron chi connectivity index (χ1n) is 5.10. The number of nitrogens with two attached hydrogens (primary N) is 1. The zero-order valence-corrected chi connectivity index (χ0v) is 10.3. The van der Waals surface area contributed by atoms with Gasteiger partial charge in [-0.2, -0.15) is 0 Å². The third-order valence-corrected chi connectivity index (χ3v) is 2.33. The van der Waals surface area contributed by atoms with Crippen LogP contribution in [0.2, 0.25) is 0 Å². The molecule has 1 aromatic carbocycles. The Balaban J connectivity index is 2.64. The molecule has 0 heterocycles. The highest BCUT2D eigenvalue weighted by molar-refractivity contribution is 6.63. The highest BCUT2D eigenvalue weighted by atomic mass is 35.5. The quantitative estimate of drug-likeness (QED) is 0.806. The Morgan fingerprint density at radius 2 is 2.19 bits per heavy atom. The molecular formula is C12H16ClNO2. The van der Waals surface area contributed by atoms with E-state index in [-0.39, 0.29) is 13.0 Å². The summed E-state index contributed by atoms with van der Waals surface area (Å²) in [6.45, 7) is 4.14. The van der Waals surface area contributed by atoms with Crippen molar-refractivity contribution in [2.24, 2.45) is 5.73 Å². The van der Waals surface area contributed by atoms with E-state index in [1.807, 2.05) is 38.1 Å². The molecule has 0 bridgehead atoms. The Hall–Kier alpha value is -1.06. The van der Waals surface area contributed by atoms with Crippen molar-refractivity contribution < 1.29 is 9.53 Å². The molecular weight excluding hydrogens is 226 g/mol. The summed E-state index contributed by atoms with van der Waals surface area (Å²) in [4.78, 5) is 10.5. The number of carbonyl (C=O) groups is 1. The summed E-state index contributed by atoms with van der Waals surface area (Å²) < 4.78 is 5.39. The predicted molar refractivity (Wildman–Crippen MR) is 64.6 cm³/mol. The van der Waals surface area contributed by atoms with Crippen LogP contribution in [0.15, 0.2) is 24.3 Å². The number of hydrogen-bond donors (Lipinski definition) is 1. The summed E-state index contributed by atoms with van der Waals surface area (Å²) in [6.07, 6.45) is 0.206. The maximum atomic E-state index is 10.5. The van der Waals surface area contributed by atoms with E-state index >= 15 is 0 Å². The van der Waals surface area contributed by atoms with Gasteiger partial charge in [-0.25, -0.2) is 0 Å². The molecule has 0 aliphatic heterocycles. The molecule has 16 heavy (non-hydrogen) atoms. The van der Waals surface area contributed by atoms with Gasteiger partial charge in [0.1, 0.15) is 5.75 Å². The maximum absolute atomic E-state index is 10.5. The van der Waals surface area contributed by atoms with E-state index in [9.17, 15) is 4.79 Å². The highest BCUT2D eigenvalue weighted by Gasteiger charge is 2.14. The third-order valence-electron chi connectivity index (χ3n) is 2.15. The first-order valence-corrected chi connectivity index (χ1v) is 5.48. The summed E-state index contributed by atoms with van der Waals surface area (Å²) in [5.74, 6) is 0.703. The largest absolute Gasteiger partial charge is 0.493 e. The lowest BCUT2D eigenvalue weighted by molar-refractivity contribution is -0.112. The predicted octanol–water partition coefficient (Wildman–Crippen LogP) is 2.41. The van der Waals surface area contributed by atoms with Crippen molar-refractivity contribution in [2.75, 3.05) is 6.61 Å². The fourth-order valence-electron chi connectivity index (χ4n) is 1.24. The van der Waals surface area contributed by atoms with Gasteiger partial charge in [0.05, 0.1) is 13.0 Å². The van der Waals surface area contributed by atoms with Crippen molar-refractivity contribution in [3.8, 4) is 5.75 Å². The van der Waals surface area contributed by atoms with Gasteiger partial charge in [-0.05, 0) is 43.1 Å². The first-order chi connectivity index (χ1) is 7.39. The standard InChI is InChI=1S/C12H16ClNO2/c1-12(2,14)9-4-3-5-10(8-9)16-7-6-11(13)15/h3-5,8H,6-7,14H2,1-2H3. The molecule has 1 rings (SSSR count). The lowest BCUT2D eigenvalue weighted by Gasteiger charge is -2.19. The molecule has 88 valence electrons. The van der Waals surface area contributed by atoms with E-state index in [2.05, 4.69) is 0 Å². The first kappa shape index (κ1) is 13.0. The minimum atomic E-state index is -0.401. The molecule has 3 nitrogen and oxygen atoms in total. The average Bonchev–Trinajstić information content (AvgIpc) is 2.16. The van der Waals surface area contributed by atoms with Crippen LogP contribution >= 0.6 is 11.6 Å². The van der Waals surface area contributed by atoms with E-state index in [1.165, 1.54) is 0 Å². The summed E-state index contributed by atoms with van der Waals surface area (Å²) in [6, 6.07) is 7.52. The number of carbonyl (C=O) groups excluding carboxylic acids is 1. The zero-order valence-electron chi connectivity index (χ0n) is 9.50. The van der Waals surface area contributed by atoms with Gasteiger partial charge in [-0.15, -0.1) is 0 Å². The van der Waals surface area contributed by atoms with E-state index in [0.29, 0.717) is 5.75 Å². The lowest BCUT2D eigenvalue weighted by atomic mass is 9.96. The fourth-order valence-corrected chi connectivity index (χ4v) is 1.31. The van der Waals surface area contributed by atoms with Crippen molar-refractivity contribution in [2.45, 2.75) is 25.8 Å². The van der Waals surface area contributed by atoms with Crippen LogP contribution in [0.5, 0.6) is 5.75 Å². The lowest BCUT2D eigenvalue weighted by Crippen LogP contribution is -2.28.